The summed E-state index contributed by atoms with van der Waals surface area (Å²) < 4.78 is 20.9. The molecule has 0 aliphatic rings. The molecule has 96 valence electrons. The van der Waals surface area contributed by atoms with Gasteiger partial charge >= 0.3 is 0 Å². The van der Waals surface area contributed by atoms with Crippen LogP contribution in [0.5, 0.6) is 0 Å². The van der Waals surface area contributed by atoms with E-state index in [1.807, 2.05) is 0 Å². The number of methoxy groups -OCH3 is 2. The fourth-order valence-electron chi connectivity index (χ4n) is 0.930. The lowest BCUT2D eigenvalue weighted by atomic mass is 10.7. The van der Waals surface area contributed by atoms with Crippen molar-refractivity contribution in [2.45, 2.75) is 19.6 Å². The van der Waals surface area contributed by atoms with Gasteiger partial charge in [-0.3, -0.25) is 0 Å². The molecule has 0 aromatic carbocycles. The Labute approximate surface area is 99.5 Å². The van der Waals surface area contributed by atoms with Crippen molar-refractivity contribution in [2.75, 3.05) is 40.6 Å². The molecule has 0 atom stereocenters. The smallest absolute Gasteiger partial charge is 0.270 e. The number of hydrogen-bond acceptors (Lipinski definition) is 4. The molecular formula is C11H24O4Si. The normalized spacial score (nSPS) is 11.1. The summed E-state index contributed by atoms with van der Waals surface area (Å²) in [4.78, 5) is 0. The summed E-state index contributed by atoms with van der Waals surface area (Å²) in [5.41, 5.74) is 2.10. The molecule has 0 bridgehead atoms. The number of rotatable bonds is 9. The van der Waals surface area contributed by atoms with Gasteiger partial charge in [-0.05, 0) is 5.70 Å². The van der Waals surface area contributed by atoms with E-state index in [1.54, 1.807) is 14.2 Å². The van der Waals surface area contributed by atoms with Crippen molar-refractivity contribution < 1.29 is 18.9 Å². The lowest BCUT2D eigenvalue weighted by molar-refractivity contribution is -0.00169. The van der Waals surface area contributed by atoms with Gasteiger partial charge in [-0.2, -0.15) is 0 Å². The summed E-state index contributed by atoms with van der Waals surface area (Å²) >= 11 is 0. The zero-order valence-electron chi connectivity index (χ0n) is 11.0. The van der Waals surface area contributed by atoms with E-state index in [1.165, 1.54) is 0 Å². The standard InChI is InChI=1S/C11H24O4Si/c1-12-6-8-14-11(10-16(3,4)5)15-9-7-13-2/h10H,6-9H2,1-5H3. The molecule has 0 fully saturated rings. The minimum atomic E-state index is -1.33. The van der Waals surface area contributed by atoms with Gasteiger partial charge in [-0.25, -0.2) is 0 Å². The second-order valence-electron chi connectivity index (χ2n) is 4.51. The summed E-state index contributed by atoms with van der Waals surface area (Å²) in [7, 11) is 1.97. The van der Waals surface area contributed by atoms with Gasteiger partial charge in [0.25, 0.3) is 5.95 Å². The van der Waals surface area contributed by atoms with Crippen LogP contribution in [0.25, 0.3) is 0 Å². The van der Waals surface area contributed by atoms with Gasteiger partial charge in [0.2, 0.25) is 0 Å². The molecule has 0 spiro atoms. The molecule has 0 saturated heterocycles. The number of ether oxygens (including phenoxy) is 4. The first kappa shape index (κ1) is 15.5. The zero-order valence-corrected chi connectivity index (χ0v) is 12.0. The van der Waals surface area contributed by atoms with E-state index in [0.29, 0.717) is 32.4 Å². The van der Waals surface area contributed by atoms with Gasteiger partial charge < -0.3 is 18.9 Å². The van der Waals surface area contributed by atoms with E-state index in [4.69, 9.17) is 18.9 Å². The van der Waals surface area contributed by atoms with Crippen LogP contribution < -0.4 is 0 Å². The second kappa shape index (κ2) is 8.61. The van der Waals surface area contributed by atoms with E-state index >= 15 is 0 Å². The minimum Gasteiger partial charge on any atom is -0.463 e. The first-order valence-electron chi connectivity index (χ1n) is 5.46. The summed E-state index contributed by atoms with van der Waals surface area (Å²) in [6, 6.07) is 0. The molecule has 4 nitrogen and oxygen atoms in total. The molecule has 0 aromatic heterocycles. The van der Waals surface area contributed by atoms with Crippen LogP contribution in [0.4, 0.5) is 0 Å². The molecule has 0 amide bonds. The second-order valence-corrected chi connectivity index (χ2v) is 9.53. The average molecular weight is 248 g/mol. The first-order chi connectivity index (χ1) is 7.49. The Hall–Kier alpha value is -0.523. The Balaban J connectivity index is 4.11. The third-order valence-electron chi connectivity index (χ3n) is 1.61. The molecule has 0 radical (unpaired) electrons. The molecule has 0 aromatic rings. The van der Waals surface area contributed by atoms with E-state index in [-0.39, 0.29) is 0 Å². The van der Waals surface area contributed by atoms with E-state index in [2.05, 4.69) is 25.3 Å². The summed E-state index contributed by atoms with van der Waals surface area (Å²) in [5.74, 6) is 0.605. The zero-order chi connectivity index (χ0) is 12.4. The molecule has 0 N–H and O–H groups in total. The minimum absolute atomic E-state index is 0.514. The van der Waals surface area contributed by atoms with Crippen LogP contribution in [0.15, 0.2) is 11.6 Å². The summed E-state index contributed by atoms with van der Waals surface area (Å²) in [6.45, 7) is 8.85. The van der Waals surface area contributed by atoms with Crippen molar-refractivity contribution in [1.29, 1.82) is 0 Å². The lowest BCUT2D eigenvalue weighted by Gasteiger charge is -2.16. The van der Waals surface area contributed by atoms with Crippen molar-refractivity contribution in [3.63, 3.8) is 0 Å². The van der Waals surface area contributed by atoms with Gasteiger partial charge in [-0.15, -0.1) is 0 Å². The molecule has 0 saturated carbocycles. The van der Waals surface area contributed by atoms with E-state index in [9.17, 15) is 0 Å². The third-order valence-corrected chi connectivity index (χ3v) is 2.72. The molecular weight excluding hydrogens is 224 g/mol. The Morgan fingerprint density at radius 2 is 1.31 bits per heavy atom. The largest absolute Gasteiger partial charge is 0.463 e. The predicted octanol–water partition coefficient (Wildman–Crippen LogP) is 2.03. The van der Waals surface area contributed by atoms with Crippen LogP contribution >= 0.6 is 0 Å². The predicted molar refractivity (Wildman–Crippen MR) is 67.1 cm³/mol. The Morgan fingerprint density at radius 1 is 0.875 bits per heavy atom. The maximum absolute atomic E-state index is 5.50. The highest BCUT2D eigenvalue weighted by atomic mass is 28.3. The molecule has 0 heterocycles. The molecule has 5 heteroatoms. The average Bonchev–Trinajstić information content (AvgIpc) is 2.16. The van der Waals surface area contributed by atoms with Crippen LogP contribution in [-0.4, -0.2) is 48.7 Å². The van der Waals surface area contributed by atoms with Crippen LogP contribution in [0, 0.1) is 0 Å². The van der Waals surface area contributed by atoms with Crippen LogP contribution in [0.1, 0.15) is 0 Å². The van der Waals surface area contributed by atoms with E-state index in [0.717, 1.165) is 0 Å². The topological polar surface area (TPSA) is 36.9 Å². The maximum atomic E-state index is 5.50. The van der Waals surface area contributed by atoms with Gasteiger partial charge in [0.1, 0.15) is 13.2 Å². The Morgan fingerprint density at radius 3 is 1.62 bits per heavy atom. The fraction of sp³-hybridized carbons (Fsp3) is 0.818. The summed E-state index contributed by atoms with van der Waals surface area (Å²) in [6.07, 6.45) is 0. The first-order valence-corrected chi connectivity index (χ1v) is 9.03. The third kappa shape index (κ3) is 10.0. The fourth-order valence-corrected chi connectivity index (χ4v) is 1.80. The molecule has 0 unspecified atom stereocenters. The number of hydrogen-bond donors (Lipinski definition) is 0. The lowest BCUT2D eigenvalue weighted by Crippen LogP contribution is -2.19. The van der Waals surface area contributed by atoms with Crippen molar-refractivity contribution in [3.05, 3.63) is 11.6 Å². The SMILES string of the molecule is COCCOC(=C[Si](C)(C)C)OCCOC. The summed E-state index contributed by atoms with van der Waals surface area (Å²) in [5, 5.41) is 0. The highest BCUT2D eigenvalue weighted by molar-refractivity contribution is 6.81. The molecule has 0 aliphatic carbocycles. The Bertz CT molecular complexity index is 187. The van der Waals surface area contributed by atoms with Gasteiger partial charge in [0.05, 0.1) is 21.3 Å². The van der Waals surface area contributed by atoms with Crippen molar-refractivity contribution in [3.8, 4) is 0 Å². The quantitative estimate of drug-likeness (QED) is 0.355. The highest BCUT2D eigenvalue weighted by Crippen LogP contribution is 2.09. The molecule has 0 aliphatic heterocycles. The monoisotopic (exact) mass is 248 g/mol. The van der Waals surface area contributed by atoms with Gasteiger partial charge in [0.15, 0.2) is 0 Å². The van der Waals surface area contributed by atoms with Gasteiger partial charge in [-0.1, -0.05) is 19.6 Å². The van der Waals surface area contributed by atoms with Crippen molar-refractivity contribution in [2.24, 2.45) is 0 Å². The van der Waals surface area contributed by atoms with Crippen molar-refractivity contribution >= 4 is 8.07 Å². The molecule has 16 heavy (non-hydrogen) atoms. The molecule has 0 rings (SSSR count). The van der Waals surface area contributed by atoms with Gasteiger partial charge in [0, 0.05) is 14.2 Å². The maximum Gasteiger partial charge on any atom is 0.270 e. The van der Waals surface area contributed by atoms with Crippen LogP contribution in [0.2, 0.25) is 19.6 Å². The Kier molecular flexibility index (Phi) is 8.33. The highest BCUT2D eigenvalue weighted by Gasteiger charge is 2.13. The van der Waals surface area contributed by atoms with Crippen LogP contribution in [-0.2, 0) is 18.9 Å². The van der Waals surface area contributed by atoms with Crippen LogP contribution in [0.3, 0.4) is 0 Å². The van der Waals surface area contributed by atoms with Crippen molar-refractivity contribution in [1.82, 2.24) is 0 Å². The van der Waals surface area contributed by atoms with E-state index < -0.39 is 8.07 Å².